The second-order valence-electron chi connectivity index (χ2n) is 2.88. The number of hydrogen-bond acceptors (Lipinski definition) is 3. The van der Waals surface area contributed by atoms with E-state index in [4.69, 9.17) is 27.9 Å². The van der Waals surface area contributed by atoms with Crippen LogP contribution in [-0.4, -0.2) is 17.1 Å². The van der Waals surface area contributed by atoms with Crippen molar-refractivity contribution in [2.45, 2.75) is 26.4 Å². The van der Waals surface area contributed by atoms with Gasteiger partial charge in [-0.3, -0.25) is 0 Å². The molecule has 14 heavy (non-hydrogen) atoms. The van der Waals surface area contributed by atoms with E-state index in [-0.39, 0.29) is 0 Å². The predicted octanol–water partition coefficient (Wildman–Crippen LogP) is 2.88. The van der Waals surface area contributed by atoms with Crippen molar-refractivity contribution in [3.8, 4) is 0 Å². The van der Waals surface area contributed by atoms with E-state index in [1.54, 1.807) is 7.11 Å². The summed E-state index contributed by atoms with van der Waals surface area (Å²) >= 11 is 11.9. The van der Waals surface area contributed by atoms with Crippen LogP contribution in [0.15, 0.2) is 0 Å². The second-order valence-corrected chi connectivity index (χ2v) is 3.60. The molecule has 0 bridgehead atoms. The van der Waals surface area contributed by atoms with Gasteiger partial charge in [-0.2, -0.15) is 0 Å². The fourth-order valence-corrected chi connectivity index (χ4v) is 1.73. The van der Waals surface area contributed by atoms with Crippen molar-refractivity contribution in [3.63, 3.8) is 0 Å². The molecule has 0 fully saturated rings. The zero-order chi connectivity index (χ0) is 10.6. The molecule has 0 saturated heterocycles. The Morgan fingerprint density at radius 2 is 1.79 bits per heavy atom. The summed E-state index contributed by atoms with van der Waals surface area (Å²) in [5.41, 5.74) is 0.815. The maximum absolute atomic E-state index is 5.96. The summed E-state index contributed by atoms with van der Waals surface area (Å²) in [5, 5.41) is 0.859. The van der Waals surface area contributed by atoms with E-state index in [0.717, 1.165) is 18.4 Å². The van der Waals surface area contributed by atoms with Crippen LogP contribution >= 0.6 is 23.2 Å². The summed E-state index contributed by atoms with van der Waals surface area (Å²) in [4.78, 5) is 8.17. The largest absolute Gasteiger partial charge is 0.377 e. The Kier molecular flexibility index (Phi) is 4.58. The lowest BCUT2D eigenvalue weighted by Gasteiger charge is -2.06. The molecule has 0 radical (unpaired) electrons. The lowest BCUT2D eigenvalue weighted by Crippen LogP contribution is -2.01. The van der Waals surface area contributed by atoms with Gasteiger partial charge in [0.25, 0.3) is 0 Å². The first-order valence-electron chi connectivity index (χ1n) is 4.38. The Balaban J connectivity index is 2.98. The van der Waals surface area contributed by atoms with Gasteiger partial charge in [-0.15, -0.1) is 0 Å². The minimum absolute atomic E-state index is 0.325. The van der Waals surface area contributed by atoms with Gasteiger partial charge in [0, 0.05) is 12.7 Å². The smallest absolute Gasteiger partial charge is 0.157 e. The van der Waals surface area contributed by atoms with E-state index < -0.39 is 0 Å². The highest BCUT2D eigenvalue weighted by Gasteiger charge is 2.10. The maximum Gasteiger partial charge on any atom is 0.157 e. The highest BCUT2D eigenvalue weighted by Crippen LogP contribution is 2.22. The molecule has 1 aromatic heterocycles. The topological polar surface area (TPSA) is 35.0 Å². The highest BCUT2D eigenvalue weighted by molar-refractivity contribution is 6.34. The monoisotopic (exact) mass is 234 g/mol. The minimum Gasteiger partial charge on any atom is -0.377 e. The molecule has 3 nitrogen and oxygen atoms in total. The lowest BCUT2D eigenvalue weighted by molar-refractivity contribution is 0.177. The molecule has 0 unspecified atom stereocenters. The standard InChI is InChI=1S/C9H12Cl2N2O/c1-3-4-6-8(10)12-7(5-14-2)13-9(6)11/h3-5H2,1-2H3. The van der Waals surface area contributed by atoms with E-state index in [9.17, 15) is 0 Å². The number of aromatic nitrogens is 2. The van der Waals surface area contributed by atoms with Gasteiger partial charge >= 0.3 is 0 Å². The van der Waals surface area contributed by atoms with Crippen LogP contribution in [0.3, 0.4) is 0 Å². The van der Waals surface area contributed by atoms with Gasteiger partial charge in [-0.05, 0) is 6.42 Å². The quantitative estimate of drug-likeness (QED) is 0.752. The zero-order valence-corrected chi connectivity index (χ0v) is 9.69. The molecule has 0 aliphatic heterocycles. The van der Waals surface area contributed by atoms with Crippen molar-refractivity contribution >= 4 is 23.2 Å². The third kappa shape index (κ3) is 2.80. The summed E-state index contributed by atoms with van der Waals surface area (Å²) < 4.78 is 4.90. The van der Waals surface area contributed by atoms with Crippen LogP contribution in [0.25, 0.3) is 0 Å². The molecule has 1 aromatic rings. The van der Waals surface area contributed by atoms with E-state index in [0.29, 0.717) is 22.7 Å². The second kappa shape index (κ2) is 5.49. The molecule has 78 valence electrons. The normalized spacial score (nSPS) is 10.6. The third-order valence-corrected chi connectivity index (χ3v) is 2.35. The van der Waals surface area contributed by atoms with Gasteiger partial charge in [0.15, 0.2) is 5.82 Å². The van der Waals surface area contributed by atoms with Crippen molar-refractivity contribution in [2.24, 2.45) is 0 Å². The van der Waals surface area contributed by atoms with Gasteiger partial charge in [0.05, 0.1) is 0 Å². The number of halogens is 2. The third-order valence-electron chi connectivity index (χ3n) is 1.73. The van der Waals surface area contributed by atoms with Gasteiger partial charge in [-0.1, -0.05) is 36.5 Å². The number of hydrogen-bond donors (Lipinski definition) is 0. The van der Waals surface area contributed by atoms with Crippen molar-refractivity contribution in [3.05, 3.63) is 21.7 Å². The molecule has 1 heterocycles. The van der Waals surface area contributed by atoms with Crippen LogP contribution in [0, 0.1) is 0 Å². The van der Waals surface area contributed by atoms with Crippen molar-refractivity contribution in [1.29, 1.82) is 0 Å². The Bertz CT molecular complexity index is 295. The first kappa shape index (κ1) is 11.7. The fourth-order valence-electron chi connectivity index (χ4n) is 1.12. The summed E-state index contributed by atoms with van der Waals surface area (Å²) in [5.74, 6) is 0.516. The Morgan fingerprint density at radius 1 is 1.21 bits per heavy atom. The first-order chi connectivity index (χ1) is 6.69. The molecule has 0 saturated carbocycles. The molecular formula is C9H12Cl2N2O. The molecule has 0 N–H and O–H groups in total. The van der Waals surface area contributed by atoms with Crippen LogP contribution < -0.4 is 0 Å². The SMILES string of the molecule is CCCc1c(Cl)nc(COC)nc1Cl. The van der Waals surface area contributed by atoms with Crippen LogP contribution in [0.1, 0.15) is 24.7 Å². The number of nitrogens with zero attached hydrogens (tertiary/aromatic N) is 2. The fraction of sp³-hybridized carbons (Fsp3) is 0.556. The summed E-state index contributed by atoms with van der Waals surface area (Å²) in [6.07, 6.45) is 1.76. The average molecular weight is 235 g/mol. The molecule has 0 aromatic carbocycles. The Labute approximate surface area is 93.4 Å². The summed E-state index contributed by atoms with van der Waals surface area (Å²) in [6.45, 7) is 2.38. The lowest BCUT2D eigenvalue weighted by atomic mass is 10.2. The highest BCUT2D eigenvalue weighted by atomic mass is 35.5. The number of methoxy groups -OCH3 is 1. The average Bonchev–Trinajstić information content (AvgIpc) is 2.12. The van der Waals surface area contributed by atoms with Gasteiger partial charge < -0.3 is 4.74 Å². The molecule has 0 amide bonds. The van der Waals surface area contributed by atoms with Crippen LogP contribution in [0.4, 0.5) is 0 Å². The minimum atomic E-state index is 0.325. The first-order valence-corrected chi connectivity index (χ1v) is 5.14. The van der Waals surface area contributed by atoms with Crippen LogP contribution in [-0.2, 0) is 17.8 Å². The van der Waals surface area contributed by atoms with E-state index >= 15 is 0 Å². The number of ether oxygens (including phenoxy) is 1. The number of rotatable bonds is 4. The molecular weight excluding hydrogens is 223 g/mol. The van der Waals surface area contributed by atoms with Gasteiger partial charge in [-0.25, -0.2) is 9.97 Å². The molecule has 0 spiro atoms. The Hall–Kier alpha value is -0.380. The molecule has 5 heteroatoms. The molecule has 0 aliphatic rings. The molecule has 0 aliphatic carbocycles. The van der Waals surface area contributed by atoms with Gasteiger partial charge in [0.2, 0.25) is 0 Å². The van der Waals surface area contributed by atoms with E-state index in [2.05, 4.69) is 16.9 Å². The van der Waals surface area contributed by atoms with E-state index in [1.807, 2.05) is 0 Å². The van der Waals surface area contributed by atoms with Crippen LogP contribution in [0.5, 0.6) is 0 Å². The van der Waals surface area contributed by atoms with Crippen LogP contribution in [0.2, 0.25) is 10.3 Å². The summed E-state index contributed by atoms with van der Waals surface area (Å²) in [7, 11) is 1.57. The van der Waals surface area contributed by atoms with Crippen molar-refractivity contribution in [2.75, 3.05) is 7.11 Å². The van der Waals surface area contributed by atoms with Gasteiger partial charge in [0.1, 0.15) is 16.9 Å². The Morgan fingerprint density at radius 3 is 2.21 bits per heavy atom. The predicted molar refractivity (Wildman–Crippen MR) is 56.8 cm³/mol. The zero-order valence-electron chi connectivity index (χ0n) is 8.18. The van der Waals surface area contributed by atoms with Crippen molar-refractivity contribution < 1.29 is 4.74 Å². The molecule has 1 rings (SSSR count). The maximum atomic E-state index is 5.96. The molecule has 0 atom stereocenters. The van der Waals surface area contributed by atoms with E-state index in [1.165, 1.54) is 0 Å². The van der Waals surface area contributed by atoms with Crippen molar-refractivity contribution in [1.82, 2.24) is 9.97 Å². The summed E-state index contributed by atoms with van der Waals surface area (Å²) in [6, 6.07) is 0.